The first kappa shape index (κ1) is 12.0. The van der Waals surface area contributed by atoms with Crippen LogP contribution in [-0.2, 0) is 7.05 Å². The van der Waals surface area contributed by atoms with Crippen LogP contribution in [-0.4, -0.2) is 9.78 Å². The Morgan fingerprint density at radius 3 is 2.58 bits per heavy atom. The molecule has 1 aromatic heterocycles. The number of fused-ring (bicyclic) bond motifs is 1. The molecule has 0 fully saturated rings. The van der Waals surface area contributed by atoms with Crippen LogP contribution in [0.25, 0.3) is 21.9 Å². The summed E-state index contributed by atoms with van der Waals surface area (Å²) in [6, 6.07) is 13.2. The molecule has 1 heterocycles. The maximum Gasteiger partial charge on any atom is 0.0568 e. The lowest BCUT2D eigenvalue weighted by Crippen LogP contribution is -1.89. The van der Waals surface area contributed by atoms with E-state index in [4.69, 9.17) is 0 Å². The van der Waals surface area contributed by atoms with Crippen LogP contribution in [0.15, 0.2) is 48.8 Å². The zero-order valence-corrected chi connectivity index (χ0v) is 11.6. The second-order valence-corrected chi connectivity index (χ2v) is 5.34. The first-order valence-electron chi connectivity index (χ1n) is 6.67. The number of aromatic nitrogens is 2. The number of benzene rings is 2. The lowest BCUT2D eigenvalue weighted by Gasteiger charge is -2.10. The van der Waals surface area contributed by atoms with Gasteiger partial charge in [-0.3, -0.25) is 4.68 Å². The molecule has 3 aromatic rings. The van der Waals surface area contributed by atoms with E-state index in [9.17, 15) is 0 Å². The molecule has 0 amide bonds. The van der Waals surface area contributed by atoms with E-state index in [0.29, 0.717) is 5.92 Å². The third kappa shape index (κ3) is 2.14. The van der Waals surface area contributed by atoms with Gasteiger partial charge >= 0.3 is 0 Å². The summed E-state index contributed by atoms with van der Waals surface area (Å²) in [6.45, 7) is 4.48. The Balaban J connectivity index is 2.17. The fourth-order valence-corrected chi connectivity index (χ4v) is 2.56. The van der Waals surface area contributed by atoms with Gasteiger partial charge in [0.15, 0.2) is 0 Å². The van der Waals surface area contributed by atoms with Crippen molar-refractivity contribution >= 4 is 10.8 Å². The largest absolute Gasteiger partial charge is 0.275 e. The molecule has 0 atom stereocenters. The zero-order valence-electron chi connectivity index (χ0n) is 11.6. The molecule has 0 aliphatic carbocycles. The van der Waals surface area contributed by atoms with Crippen molar-refractivity contribution in [3.8, 4) is 11.1 Å². The highest BCUT2D eigenvalue weighted by molar-refractivity contribution is 5.90. The molecule has 0 aliphatic heterocycles. The summed E-state index contributed by atoms with van der Waals surface area (Å²) >= 11 is 0. The predicted octanol–water partition coefficient (Wildman–Crippen LogP) is 4.36. The van der Waals surface area contributed by atoms with Crippen LogP contribution in [0, 0.1) is 0 Å². The normalized spacial score (nSPS) is 11.4. The third-order valence-corrected chi connectivity index (χ3v) is 3.57. The molecule has 0 bridgehead atoms. The summed E-state index contributed by atoms with van der Waals surface area (Å²) in [4.78, 5) is 0. The predicted molar refractivity (Wildman–Crippen MR) is 80.2 cm³/mol. The second kappa shape index (κ2) is 4.54. The Bertz CT molecular complexity index is 723. The van der Waals surface area contributed by atoms with Crippen molar-refractivity contribution in [1.29, 1.82) is 0 Å². The van der Waals surface area contributed by atoms with Gasteiger partial charge in [0.2, 0.25) is 0 Å². The van der Waals surface area contributed by atoms with Crippen molar-refractivity contribution in [2.45, 2.75) is 19.8 Å². The minimum absolute atomic E-state index is 0.549. The summed E-state index contributed by atoms with van der Waals surface area (Å²) in [5.74, 6) is 0.549. The highest BCUT2D eigenvalue weighted by atomic mass is 15.2. The van der Waals surface area contributed by atoms with Crippen molar-refractivity contribution in [2.75, 3.05) is 0 Å². The Labute approximate surface area is 113 Å². The molecule has 0 saturated carbocycles. The third-order valence-electron chi connectivity index (χ3n) is 3.57. The number of hydrogen-bond donors (Lipinski definition) is 0. The van der Waals surface area contributed by atoms with Crippen LogP contribution in [0.1, 0.15) is 25.3 Å². The minimum atomic E-state index is 0.549. The first-order chi connectivity index (χ1) is 9.15. The SMILES string of the molecule is CC(C)c1cccc2cc(-c3cnn(C)c3)ccc12. The average molecular weight is 250 g/mol. The summed E-state index contributed by atoms with van der Waals surface area (Å²) in [7, 11) is 1.95. The van der Waals surface area contributed by atoms with E-state index in [1.54, 1.807) is 0 Å². The van der Waals surface area contributed by atoms with Crippen LogP contribution >= 0.6 is 0 Å². The van der Waals surface area contributed by atoms with Gasteiger partial charge in [-0.2, -0.15) is 5.10 Å². The van der Waals surface area contributed by atoms with Crippen LogP contribution in [0.5, 0.6) is 0 Å². The molecular formula is C17H18N2. The lowest BCUT2D eigenvalue weighted by molar-refractivity contribution is 0.768. The Kier molecular flexibility index (Phi) is 2.86. The molecule has 2 aromatic carbocycles. The first-order valence-corrected chi connectivity index (χ1v) is 6.67. The fraction of sp³-hybridized carbons (Fsp3) is 0.235. The Hall–Kier alpha value is -2.09. The summed E-state index contributed by atoms with van der Waals surface area (Å²) in [5.41, 5.74) is 3.80. The molecule has 0 saturated heterocycles. The Morgan fingerprint density at radius 1 is 1.05 bits per heavy atom. The van der Waals surface area contributed by atoms with Crippen molar-refractivity contribution in [3.05, 3.63) is 54.4 Å². The molecule has 2 heteroatoms. The van der Waals surface area contributed by atoms with Gasteiger partial charge in [-0.05, 0) is 33.9 Å². The van der Waals surface area contributed by atoms with Crippen molar-refractivity contribution < 1.29 is 0 Å². The average Bonchev–Trinajstić information content (AvgIpc) is 2.84. The highest BCUT2D eigenvalue weighted by Gasteiger charge is 2.06. The number of hydrogen-bond acceptors (Lipinski definition) is 1. The molecule has 0 unspecified atom stereocenters. The summed E-state index contributed by atoms with van der Waals surface area (Å²) in [6.07, 6.45) is 3.96. The van der Waals surface area contributed by atoms with Crippen molar-refractivity contribution in [3.63, 3.8) is 0 Å². The smallest absolute Gasteiger partial charge is 0.0568 e. The zero-order chi connectivity index (χ0) is 13.4. The van der Waals surface area contributed by atoms with E-state index in [1.807, 2.05) is 24.1 Å². The van der Waals surface area contributed by atoms with Crippen LogP contribution in [0.3, 0.4) is 0 Å². The maximum absolute atomic E-state index is 4.24. The van der Waals surface area contributed by atoms with E-state index in [2.05, 4.69) is 55.3 Å². The molecule has 0 N–H and O–H groups in total. The van der Waals surface area contributed by atoms with Gasteiger partial charge in [0.05, 0.1) is 6.20 Å². The lowest BCUT2D eigenvalue weighted by atomic mass is 9.94. The second-order valence-electron chi connectivity index (χ2n) is 5.34. The Morgan fingerprint density at radius 2 is 1.89 bits per heavy atom. The summed E-state index contributed by atoms with van der Waals surface area (Å²) < 4.78 is 1.84. The topological polar surface area (TPSA) is 17.8 Å². The van der Waals surface area contributed by atoms with Gasteiger partial charge in [-0.25, -0.2) is 0 Å². The van der Waals surface area contributed by atoms with Gasteiger partial charge < -0.3 is 0 Å². The number of aryl methyl sites for hydroxylation is 1. The quantitative estimate of drug-likeness (QED) is 0.660. The fourth-order valence-electron chi connectivity index (χ4n) is 2.56. The van der Waals surface area contributed by atoms with Crippen LogP contribution < -0.4 is 0 Å². The molecule has 3 rings (SSSR count). The monoisotopic (exact) mass is 250 g/mol. The standard InChI is InChI=1S/C17H18N2/c1-12(2)16-6-4-5-14-9-13(7-8-17(14)16)15-10-18-19(3)11-15/h4-12H,1-3H3. The molecule has 0 spiro atoms. The molecule has 0 radical (unpaired) electrons. The summed E-state index contributed by atoms with van der Waals surface area (Å²) in [5, 5.41) is 6.89. The van der Waals surface area contributed by atoms with Crippen LogP contribution in [0.4, 0.5) is 0 Å². The van der Waals surface area contributed by atoms with E-state index in [1.165, 1.54) is 27.5 Å². The van der Waals surface area contributed by atoms with E-state index >= 15 is 0 Å². The molecule has 2 nitrogen and oxygen atoms in total. The highest BCUT2D eigenvalue weighted by Crippen LogP contribution is 2.29. The van der Waals surface area contributed by atoms with Gasteiger partial charge in [-0.15, -0.1) is 0 Å². The molecule has 19 heavy (non-hydrogen) atoms. The van der Waals surface area contributed by atoms with E-state index in [-0.39, 0.29) is 0 Å². The number of nitrogens with zero attached hydrogens (tertiary/aromatic N) is 2. The van der Waals surface area contributed by atoms with E-state index in [0.717, 1.165) is 0 Å². The van der Waals surface area contributed by atoms with Gasteiger partial charge in [0.1, 0.15) is 0 Å². The van der Waals surface area contributed by atoms with Gasteiger partial charge in [-0.1, -0.05) is 44.2 Å². The number of rotatable bonds is 2. The minimum Gasteiger partial charge on any atom is -0.275 e. The maximum atomic E-state index is 4.24. The van der Waals surface area contributed by atoms with Crippen LogP contribution in [0.2, 0.25) is 0 Å². The molecule has 96 valence electrons. The molecular weight excluding hydrogens is 232 g/mol. The van der Waals surface area contributed by atoms with Gasteiger partial charge in [0.25, 0.3) is 0 Å². The van der Waals surface area contributed by atoms with Gasteiger partial charge in [0, 0.05) is 18.8 Å². The van der Waals surface area contributed by atoms with Crippen molar-refractivity contribution in [1.82, 2.24) is 9.78 Å². The van der Waals surface area contributed by atoms with E-state index < -0.39 is 0 Å². The molecule has 0 aliphatic rings. The van der Waals surface area contributed by atoms with Crippen molar-refractivity contribution in [2.24, 2.45) is 7.05 Å².